The number of nitrogens with zero attached hydrogens (tertiary/aromatic N) is 2. The van der Waals surface area contributed by atoms with E-state index in [0.29, 0.717) is 12.1 Å². The molecule has 2 rings (SSSR count). The lowest BCUT2D eigenvalue weighted by Gasteiger charge is -2.14. The van der Waals surface area contributed by atoms with Crippen LogP contribution < -0.4 is 0 Å². The Morgan fingerprint density at radius 1 is 1.65 bits per heavy atom. The van der Waals surface area contributed by atoms with Gasteiger partial charge in [-0.3, -0.25) is 4.79 Å². The fourth-order valence-corrected chi connectivity index (χ4v) is 2.48. The fraction of sp³-hybridized carbons (Fsp3) is 0.273. The van der Waals surface area contributed by atoms with Crippen molar-refractivity contribution < 1.29 is 9.21 Å². The van der Waals surface area contributed by atoms with Crippen LogP contribution in [0.2, 0.25) is 5.22 Å². The molecule has 6 heteroatoms. The van der Waals surface area contributed by atoms with Crippen molar-refractivity contribution in [3.8, 4) is 0 Å². The van der Waals surface area contributed by atoms with Gasteiger partial charge in [-0.2, -0.15) is 0 Å². The van der Waals surface area contributed by atoms with E-state index in [1.165, 1.54) is 6.26 Å². The zero-order chi connectivity index (χ0) is 12.4. The molecule has 2 aromatic heterocycles. The van der Waals surface area contributed by atoms with E-state index in [1.807, 2.05) is 6.92 Å². The SMILES string of the molecule is Cc1ncc(CN(C)C(=O)c2ccoc2Cl)s1. The van der Waals surface area contributed by atoms with Gasteiger partial charge in [0, 0.05) is 18.1 Å². The molecule has 2 heterocycles. The van der Waals surface area contributed by atoms with Crippen LogP contribution in [0.5, 0.6) is 0 Å². The summed E-state index contributed by atoms with van der Waals surface area (Å²) in [4.78, 5) is 18.8. The first-order valence-corrected chi connectivity index (χ1v) is 6.17. The van der Waals surface area contributed by atoms with Crippen molar-refractivity contribution in [3.05, 3.63) is 39.2 Å². The largest absolute Gasteiger partial charge is 0.452 e. The van der Waals surface area contributed by atoms with Crippen molar-refractivity contribution in [1.82, 2.24) is 9.88 Å². The third-order valence-corrected chi connectivity index (χ3v) is 3.45. The number of aryl methyl sites for hydroxylation is 1. The highest BCUT2D eigenvalue weighted by Gasteiger charge is 2.17. The summed E-state index contributed by atoms with van der Waals surface area (Å²) in [7, 11) is 1.72. The Morgan fingerprint density at radius 2 is 2.41 bits per heavy atom. The molecule has 4 nitrogen and oxygen atoms in total. The summed E-state index contributed by atoms with van der Waals surface area (Å²) in [6.45, 7) is 2.45. The average molecular weight is 271 g/mol. The van der Waals surface area contributed by atoms with Gasteiger partial charge in [0.1, 0.15) is 0 Å². The van der Waals surface area contributed by atoms with Gasteiger partial charge in [0.25, 0.3) is 5.91 Å². The minimum absolute atomic E-state index is 0.127. The molecule has 0 N–H and O–H groups in total. The highest BCUT2D eigenvalue weighted by Crippen LogP contribution is 2.20. The molecule has 0 bridgehead atoms. The number of thiazole rings is 1. The molecule has 2 aromatic rings. The Balaban J connectivity index is 2.08. The molecule has 0 saturated heterocycles. The average Bonchev–Trinajstić information content (AvgIpc) is 2.86. The van der Waals surface area contributed by atoms with E-state index < -0.39 is 0 Å². The van der Waals surface area contributed by atoms with Crippen LogP contribution in [0.25, 0.3) is 0 Å². The maximum absolute atomic E-state index is 12.0. The quantitative estimate of drug-likeness (QED) is 0.861. The first kappa shape index (κ1) is 12.1. The van der Waals surface area contributed by atoms with Gasteiger partial charge in [0.05, 0.1) is 23.4 Å². The van der Waals surface area contributed by atoms with E-state index in [2.05, 4.69) is 4.98 Å². The standard InChI is InChI=1S/C11H11ClN2O2S/c1-7-13-5-8(17-7)6-14(2)11(15)9-3-4-16-10(9)12/h3-5H,6H2,1-2H3. The summed E-state index contributed by atoms with van der Waals surface area (Å²) in [5.41, 5.74) is 0.385. The lowest BCUT2D eigenvalue weighted by atomic mass is 10.3. The second kappa shape index (κ2) is 4.89. The van der Waals surface area contributed by atoms with E-state index >= 15 is 0 Å². The van der Waals surface area contributed by atoms with Gasteiger partial charge >= 0.3 is 0 Å². The van der Waals surface area contributed by atoms with E-state index in [4.69, 9.17) is 16.0 Å². The summed E-state index contributed by atoms with van der Waals surface area (Å²) in [5, 5.41) is 1.12. The van der Waals surface area contributed by atoms with Crippen molar-refractivity contribution in [1.29, 1.82) is 0 Å². The molecule has 90 valence electrons. The van der Waals surface area contributed by atoms with E-state index in [9.17, 15) is 4.79 Å². The number of rotatable bonds is 3. The number of furan rings is 1. The topological polar surface area (TPSA) is 46.3 Å². The van der Waals surface area contributed by atoms with Gasteiger partial charge in [-0.15, -0.1) is 11.3 Å². The molecule has 1 amide bonds. The molecule has 0 aliphatic carbocycles. The summed E-state index contributed by atoms with van der Waals surface area (Å²) >= 11 is 7.34. The fourth-order valence-electron chi connectivity index (χ4n) is 1.44. The molecule has 0 aromatic carbocycles. The van der Waals surface area contributed by atoms with Crippen LogP contribution >= 0.6 is 22.9 Å². The first-order valence-electron chi connectivity index (χ1n) is 4.97. The summed E-state index contributed by atoms with van der Waals surface area (Å²) in [6.07, 6.45) is 3.18. The van der Waals surface area contributed by atoms with E-state index in [0.717, 1.165) is 9.88 Å². The van der Waals surface area contributed by atoms with Crippen molar-refractivity contribution in [2.75, 3.05) is 7.05 Å². The Hall–Kier alpha value is -1.33. The summed E-state index contributed by atoms with van der Waals surface area (Å²) < 4.78 is 4.90. The van der Waals surface area contributed by atoms with Crippen molar-refractivity contribution >= 4 is 28.8 Å². The van der Waals surface area contributed by atoms with Gasteiger partial charge < -0.3 is 9.32 Å². The molecule has 0 atom stereocenters. The van der Waals surface area contributed by atoms with Crippen LogP contribution in [0.15, 0.2) is 22.9 Å². The Labute approximate surface area is 108 Å². The number of halogens is 1. The molecule has 0 spiro atoms. The van der Waals surface area contributed by atoms with Crippen LogP contribution in [-0.2, 0) is 6.54 Å². The normalized spacial score (nSPS) is 10.5. The van der Waals surface area contributed by atoms with Crippen LogP contribution in [0.4, 0.5) is 0 Å². The lowest BCUT2D eigenvalue weighted by Crippen LogP contribution is -2.25. The van der Waals surface area contributed by atoms with Gasteiger partial charge in [-0.25, -0.2) is 4.98 Å². The Kier molecular flexibility index (Phi) is 3.49. The molecule has 0 radical (unpaired) electrons. The molecule has 0 aliphatic rings. The molecule has 0 unspecified atom stereocenters. The third kappa shape index (κ3) is 2.68. The molecular weight excluding hydrogens is 260 g/mol. The Bertz CT molecular complexity index is 535. The molecule has 0 fully saturated rings. The highest BCUT2D eigenvalue weighted by molar-refractivity contribution is 7.11. The van der Waals surface area contributed by atoms with Gasteiger partial charge in [0.15, 0.2) is 0 Å². The Morgan fingerprint density at radius 3 is 2.94 bits per heavy atom. The van der Waals surface area contributed by atoms with E-state index in [-0.39, 0.29) is 11.1 Å². The van der Waals surface area contributed by atoms with Crippen LogP contribution in [0.3, 0.4) is 0 Å². The van der Waals surface area contributed by atoms with Gasteiger partial charge in [-0.1, -0.05) is 0 Å². The minimum Gasteiger partial charge on any atom is -0.452 e. The van der Waals surface area contributed by atoms with Crippen LogP contribution in [0.1, 0.15) is 20.2 Å². The number of carbonyl (C=O) groups is 1. The summed E-state index contributed by atoms with van der Waals surface area (Å²) in [6, 6.07) is 1.57. The smallest absolute Gasteiger partial charge is 0.258 e. The first-order chi connectivity index (χ1) is 8.08. The van der Waals surface area contributed by atoms with Gasteiger partial charge in [0.2, 0.25) is 5.22 Å². The highest BCUT2D eigenvalue weighted by atomic mass is 35.5. The summed E-state index contributed by atoms with van der Waals surface area (Å²) in [5.74, 6) is -0.158. The predicted molar refractivity (Wildman–Crippen MR) is 66.4 cm³/mol. The van der Waals surface area contributed by atoms with Gasteiger partial charge in [-0.05, 0) is 24.6 Å². The minimum atomic E-state index is -0.158. The maximum Gasteiger partial charge on any atom is 0.258 e. The zero-order valence-electron chi connectivity index (χ0n) is 9.44. The second-order valence-corrected chi connectivity index (χ2v) is 5.28. The van der Waals surface area contributed by atoms with Crippen molar-refractivity contribution in [2.24, 2.45) is 0 Å². The second-order valence-electron chi connectivity index (χ2n) is 3.61. The third-order valence-electron chi connectivity index (χ3n) is 2.26. The maximum atomic E-state index is 12.0. The number of carbonyl (C=O) groups excluding carboxylic acids is 1. The monoisotopic (exact) mass is 270 g/mol. The van der Waals surface area contributed by atoms with Crippen molar-refractivity contribution in [2.45, 2.75) is 13.5 Å². The van der Waals surface area contributed by atoms with Crippen molar-refractivity contribution in [3.63, 3.8) is 0 Å². The van der Waals surface area contributed by atoms with E-state index in [1.54, 1.807) is 35.5 Å². The molecule has 0 saturated carbocycles. The molecule has 17 heavy (non-hydrogen) atoms. The number of aromatic nitrogens is 1. The lowest BCUT2D eigenvalue weighted by molar-refractivity contribution is 0.0786. The predicted octanol–water partition coefficient (Wildman–Crippen LogP) is 2.97. The van der Waals surface area contributed by atoms with Crippen LogP contribution in [0, 0.1) is 6.92 Å². The number of hydrogen-bond acceptors (Lipinski definition) is 4. The molecule has 0 aliphatic heterocycles. The van der Waals surface area contributed by atoms with Crippen LogP contribution in [-0.4, -0.2) is 22.8 Å². The number of hydrogen-bond donors (Lipinski definition) is 0. The zero-order valence-corrected chi connectivity index (χ0v) is 11.0. The molecular formula is C11H11ClN2O2S. The number of amides is 1.